The molecule has 1 aliphatic carbocycles. The fourth-order valence-corrected chi connectivity index (χ4v) is 2.99. The number of guanidine groups is 1. The van der Waals surface area contributed by atoms with Crippen molar-refractivity contribution in [2.45, 2.75) is 45.1 Å². The Labute approximate surface area is 165 Å². The predicted octanol–water partition coefficient (Wildman–Crippen LogP) is 3.16. The number of likely N-dealkylation sites (N-methyl/N-ethyl adjacent to an activating group) is 1. The zero-order valence-electron chi connectivity index (χ0n) is 16.9. The Kier molecular flexibility index (Phi) is 8.57. The number of rotatable bonds is 10. The number of hydrogen-bond donors (Lipinski definition) is 2. The van der Waals surface area contributed by atoms with E-state index in [2.05, 4.69) is 39.4 Å². The Hall–Kier alpha value is -1.80. The lowest BCUT2D eigenvalue weighted by Crippen LogP contribution is -2.46. The third-order valence-corrected chi connectivity index (χ3v) is 4.63. The summed E-state index contributed by atoms with van der Waals surface area (Å²) >= 11 is 0. The Morgan fingerprint density at radius 1 is 1.18 bits per heavy atom. The van der Waals surface area contributed by atoms with Crippen LogP contribution in [-0.2, 0) is 17.9 Å². The Balaban J connectivity index is 1.84. The van der Waals surface area contributed by atoms with Crippen molar-refractivity contribution in [1.82, 2.24) is 15.5 Å². The van der Waals surface area contributed by atoms with Crippen molar-refractivity contribution < 1.29 is 17.9 Å². The highest BCUT2D eigenvalue weighted by Crippen LogP contribution is 2.34. The molecule has 1 saturated carbocycles. The highest BCUT2D eigenvalue weighted by atomic mass is 19.4. The van der Waals surface area contributed by atoms with E-state index in [0.29, 0.717) is 18.2 Å². The third kappa shape index (κ3) is 8.48. The van der Waals surface area contributed by atoms with Gasteiger partial charge in [0, 0.05) is 19.1 Å². The summed E-state index contributed by atoms with van der Waals surface area (Å²) in [5.74, 6) is 1.53. The zero-order valence-corrected chi connectivity index (χ0v) is 16.9. The summed E-state index contributed by atoms with van der Waals surface area (Å²) in [7, 11) is 4.21. The van der Waals surface area contributed by atoms with Gasteiger partial charge in [0.1, 0.15) is 6.61 Å². The van der Waals surface area contributed by atoms with Crippen LogP contribution < -0.4 is 10.6 Å². The number of nitrogens with one attached hydrogen (secondary N) is 2. The SMILES string of the molecule is CCNC(=NCc1ccc(COCC(F)(F)F)cc1)NCC(C1CC1)N(C)C. The molecule has 1 atom stereocenters. The molecule has 0 saturated heterocycles. The van der Waals surface area contributed by atoms with Crippen molar-refractivity contribution in [3.8, 4) is 0 Å². The minimum Gasteiger partial charge on any atom is -0.367 e. The van der Waals surface area contributed by atoms with E-state index in [-0.39, 0.29) is 6.61 Å². The molecular formula is C20H31F3N4O. The van der Waals surface area contributed by atoms with Crippen molar-refractivity contribution >= 4 is 5.96 Å². The molecule has 1 fully saturated rings. The van der Waals surface area contributed by atoms with Crippen LogP contribution in [0.3, 0.4) is 0 Å². The van der Waals surface area contributed by atoms with Crippen LogP contribution in [0.25, 0.3) is 0 Å². The van der Waals surface area contributed by atoms with Crippen molar-refractivity contribution in [2.75, 3.05) is 33.8 Å². The van der Waals surface area contributed by atoms with Gasteiger partial charge in [-0.25, -0.2) is 4.99 Å². The summed E-state index contributed by atoms with van der Waals surface area (Å²) in [4.78, 5) is 6.87. The molecule has 1 aliphatic rings. The molecule has 1 unspecified atom stereocenters. The van der Waals surface area contributed by atoms with E-state index >= 15 is 0 Å². The summed E-state index contributed by atoms with van der Waals surface area (Å²) in [6.45, 7) is 2.86. The molecule has 1 aromatic carbocycles. The fourth-order valence-electron chi connectivity index (χ4n) is 2.99. The molecule has 0 heterocycles. The minimum atomic E-state index is -4.30. The van der Waals surface area contributed by atoms with Gasteiger partial charge in [0.05, 0.1) is 13.2 Å². The maximum atomic E-state index is 12.1. The topological polar surface area (TPSA) is 48.9 Å². The van der Waals surface area contributed by atoms with Crippen LogP contribution in [0.2, 0.25) is 0 Å². The number of aliphatic imine (C=N–C) groups is 1. The fraction of sp³-hybridized carbons (Fsp3) is 0.650. The number of ether oxygens (including phenoxy) is 1. The molecule has 0 amide bonds. The van der Waals surface area contributed by atoms with Crippen LogP contribution in [-0.4, -0.2) is 56.9 Å². The number of alkyl halides is 3. The normalized spacial score (nSPS) is 16.3. The molecule has 0 aromatic heterocycles. The van der Waals surface area contributed by atoms with Crippen molar-refractivity contribution in [3.05, 3.63) is 35.4 Å². The lowest BCUT2D eigenvalue weighted by Gasteiger charge is -2.25. The van der Waals surface area contributed by atoms with Crippen LogP contribution in [0.4, 0.5) is 13.2 Å². The quantitative estimate of drug-likeness (QED) is 0.468. The summed E-state index contributed by atoms with van der Waals surface area (Å²) < 4.78 is 41.0. The van der Waals surface area contributed by atoms with E-state index in [9.17, 15) is 13.2 Å². The largest absolute Gasteiger partial charge is 0.411 e. The van der Waals surface area contributed by atoms with E-state index in [4.69, 9.17) is 0 Å². The van der Waals surface area contributed by atoms with Crippen molar-refractivity contribution in [3.63, 3.8) is 0 Å². The van der Waals surface area contributed by atoms with E-state index in [1.54, 1.807) is 12.1 Å². The van der Waals surface area contributed by atoms with Gasteiger partial charge in [-0.1, -0.05) is 24.3 Å². The predicted molar refractivity (Wildman–Crippen MR) is 105 cm³/mol. The summed E-state index contributed by atoms with van der Waals surface area (Å²) in [5, 5.41) is 6.67. The van der Waals surface area contributed by atoms with Gasteiger partial charge in [-0.05, 0) is 50.9 Å². The molecule has 0 aliphatic heterocycles. The molecule has 0 bridgehead atoms. The first-order chi connectivity index (χ1) is 13.3. The van der Waals surface area contributed by atoms with Crippen molar-refractivity contribution in [2.24, 2.45) is 10.9 Å². The van der Waals surface area contributed by atoms with E-state index in [0.717, 1.165) is 30.5 Å². The second-order valence-corrected chi connectivity index (χ2v) is 7.37. The van der Waals surface area contributed by atoms with Crippen LogP contribution in [0.1, 0.15) is 30.9 Å². The maximum Gasteiger partial charge on any atom is 0.411 e. The van der Waals surface area contributed by atoms with E-state index < -0.39 is 12.8 Å². The summed E-state index contributed by atoms with van der Waals surface area (Å²) in [6.07, 6.45) is -1.72. The first kappa shape index (κ1) is 22.5. The van der Waals surface area contributed by atoms with E-state index in [1.165, 1.54) is 12.8 Å². The first-order valence-corrected chi connectivity index (χ1v) is 9.69. The van der Waals surface area contributed by atoms with Crippen LogP contribution >= 0.6 is 0 Å². The number of halogens is 3. The average molecular weight is 400 g/mol. The number of hydrogen-bond acceptors (Lipinski definition) is 3. The maximum absolute atomic E-state index is 12.1. The van der Waals surface area contributed by atoms with Crippen LogP contribution in [0.15, 0.2) is 29.3 Å². The summed E-state index contributed by atoms with van der Waals surface area (Å²) in [6, 6.07) is 7.78. The Morgan fingerprint density at radius 2 is 1.82 bits per heavy atom. The average Bonchev–Trinajstić information content (AvgIpc) is 3.44. The van der Waals surface area contributed by atoms with Crippen LogP contribution in [0, 0.1) is 5.92 Å². The first-order valence-electron chi connectivity index (χ1n) is 9.69. The van der Waals surface area contributed by atoms with Crippen LogP contribution in [0.5, 0.6) is 0 Å². The highest BCUT2D eigenvalue weighted by molar-refractivity contribution is 5.79. The standard InChI is InChI=1S/C20H31F3N4O/c1-4-24-19(26-12-18(27(2)3)17-9-10-17)25-11-15-5-7-16(8-6-15)13-28-14-20(21,22)23/h5-8,17-18H,4,9-14H2,1-3H3,(H2,24,25,26). The molecular weight excluding hydrogens is 369 g/mol. The second-order valence-electron chi connectivity index (χ2n) is 7.37. The molecule has 28 heavy (non-hydrogen) atoms. The lowest BCUT2D eigenvalue weighted by atomic mass is 10.1. The molecule has 2 rings (SSSR count). The Bertz CT molecular complexity index is 611. The minimum absolute atomic E-state index is 0.0552. The molecule has 0 radical (unpaired) electrons. The van der Waals surface area contributed by atoms with Gasteiger partial charge >= 0.3 is 6.18 Å². The van der Waals surface area contributed by atoms with Gasteiger partial charge in [-0.3, -0.25) is 0 Å². The lowest BCUT2D eigenvalue weighted by molar-refractivity contribution is -0.176. The van der Waals surface area contributed by atoms with Gasteiger partial charge in [-0.2, -0.15) is 13.2 Å². The smallest absolute Gasteiger partial charge is 0.367 e. The molecule has 5 nitrogen and oxygen atoms in total. The van der Waals surface area contributed by atoms with E-state index in [1.807, 2.05) is 19.1 Å². The van der Waals surface area contributed by atoms with Gasteiger partial charge in [0.25, 0.3) is 0 Å². The Morgan fingerprint density at radius 3 is 2.36 bits per heavy atom. The second kappa shape index (κ2) is 10.7. The highest BCUT2D eigenvalue weighted by Gasteiger charge is 2.32. The number of benzene rings is 1. The van der Waals surface area contributed by atoms with Gasteiger partial charge in [-0.15, -0.1) is 0 Å². The number of nitrogens with zero attached hydrogens (tertiary/aromatic N) is 2. The summed E-state index contributed by atoms with van der Waals surface area (Å²) in [5.41, 5.74) is 1.70. The van der Waals surface area contributed by atoms with Gasteiger partial charge in [0.2, 0.25) is 0 Å². The molecule has 1 aromatic rings. The van der Waals surface area contributed by atoms with Crippen molar-refractivity contribution in [1.29, 1.82) is 0 Å². The molecule has 0 spiro atoms. The zero-order chi connectivity index (χ0) is 20.6. The molecule has 8 heteroatoms. The molecule has 158 valence electrons. The van der Waals surface area contributed by atoms with Gasteiger partial charge < -0.3 is 20.3 Å². The van der Waals surface area contributed by atoms with Gasteiger partial charge in [0.15, 0.2) is 5.96 Å². The molecule has 2 N–H and O–H groups in total. The monoisotopic (exact) mass is 400 g/mol. The third-order valence-electron chi connectivity index (χ3n) is 4.63.